The van der Waals surface area contributed by atoms with Gasteiger partial charge in [-0.15, -0.1) is 0 Å². The van der Waals surface area contributed by atoms with Crippen molar-refractivity contribution in [3.8, 4) is 0 Å². The Balaban J connectivity index is 2.03. The first-order valence-electron chi connectivity index (χ1n) is 6.67. The summed E-state index contributed by atoms with van der Waals surface area (Å²) in [5.74, 6) is 0.0165. The van der Waals surface area contributed by atoms with Crippen LogP contribution in [0.1, 0.15) is 41.6 Å². The zero-order valence-electron chi connectivity index (χ0n) is 11.1. The molecule has 0 spiro atoms. The van der Waals surface area contributed by atoms with Crippen molar-refractivity contribution in [1.82, 2.24) is 5.32 Å². The highest BCUT2D eigenvalue weighted by Crippen LogP contribution is 2.39. The first-order valence-corrected chi connectivity index (χ1v) is 8.58. The van der Waals surface area contributed by atoms with Crippen LogP contribution < -0.4 is 5.32 Å². The minimum Gasteiger partial charge on any atom is -0.351 e. The summed E-state index contributed by atoms with van der Waals surface area (Å²) in [4.78, 5) is 12.3. The van der Waals surface area contributed by atoms with Crippen molar-refractivity contribution in [2.75, 3.05) is 11.9 Å². The molecule has 0 heterocycles. The Kier molecular flexibility index (Phi) is 5.07. The molecule has 0 atom stereocenters. The first kappa shape index (κ1) is 15.0. The number of aryl methyl sites for hydroxylation is 1. The molecule has 1 aromatic rings. The highest BCUT2D eigenvalue weighted by molar-refractivity contribution is 9.10. The number of hydrogen-bond donors (Lipinski definition) is 1. The zero-order valence-corrected chi connectivity index (χ0v) is 14.3. The molecular formula is C15H19Br2NO. The molecule has 0 bridgehead atoms. The number of carbonyl (C=O) groups excluding carboxylic acids is 1. The van der Waals surface area contributed by atoms with E-state index >= 15 is 0 Å². The number of alkyl halides is 1. The van der Waals surface area contributed by atoms with Crippen LogP contribution in [0.25, 0.3) is 0 Å². The number of hydrogen-bond acceptors (Lipinski definition) is 1. The second kappa shape index (κ2) is 6.40. The van der Waals surface area contributed by atoms with Crippen LogP contribution in [0.4, 0.5) is 0 Å². The third-order valence-electron chi connectivity index (χ3n) is 3.94. The first-order chi connectivity index (χ1) is 9.06. The summed E-state index contributed by atoms with van der Waals surface area (Å²) >= 11 is 7.05. The van der Waals surface area contributed by atoms with Gasteiger partial charge in [0.1, 0.15) is 0 Å². The summed E-state index contributed by atoms with van der Waals surface area (Å²) in [6, 6.07) is 5.85. The van der Waals surface area contributed by atoms with Crippen molar-refractivity contribution in [2.45, 2.75) is 32.6 Å². The molecule has 0 aromatic heterocycles. The molecule has 1 saturated carbocycles. The fraction of sp³-hybridized carbons (Fsp3) is 0.533. The van der Waals surface area contributed by atoms with Crippen LogP contribution >= 0.6 is 31.9 Å². The van der Waals surface area contributed by atoms with Crippen LogP contribution in [0.2, 0.25) is 0 Å². The Morgan fingerprint density at radius 1 is 1.37 bits per heavy atom. The van der Waals surface area contributed by atoms with E-state index in [2.05, 4.69) is 37.2 Å². The van der Waals surface area contributed by atoms with Gasteiger partial charge < -0.3 is 5.32 Å². The lowest BCUT2D eigenvalue weighted by atomic mass is 9.89. The molecule has 19 heavy (non-hydrogen) atoms. The predicted octanol–water partition coefficient (Wildman–Crippen LogP) is 4.44. The predicted molar refractivity (Wildman–Crippen MR) is 85.9 cm³/mol. The maximum absolute atomic E-state index is 12.3. The van der Waals surface area contributed by atoms with Crippen LogP contribution in [0.3, 0.4) is 0 Å². The van der Waals surface area contributed by atoms with E-state index in [1.54, 1.807) is 0 Å². The third kappa shape index (κ3) is 3.60. The van der Waals surface area contributed by atoms with Crippen molar-refractivity contribution in [1.29, 1.82) is 0 Å². The fourth-order valence-electron chi connectivity index (χ4n) is 2.66. The van der Waals surface area contributed by atoms with Gasteiger partial charge in [0, 0.05) is 16.3 Å². The van der Waals surface area contributed by atoms with E-state index in [0.29, 0.717) is 0 Å². The molecule has 1 fully saturated rings. The van der Waals surface area contributed by atoms with Crippen molar-refractivity contribution in [3.63, 3.8) is 0 Å². The maximum Gasteiger partial charge on any atom is 0.252 e. The van der Waals surface area contributed by atoms with E-state index in [4.69, 9.17) is 0 Å². The van der Waals surface area contributed by atoms with Gasteiger partial charge in [-0.25, -0.2) is 0 Å². The van der Waals surface area contributed by atoms with E-state index in [1.165, 1.54) is 25.7 Å². The monoisotopic (exact) mass is 387 g/mol. The molecule has 1 aromatic carbocycles. The van der Waals surface area contributed by atoms with Gasteiger partial charge in [0.15, 0.2) is 0 Å². The molecule has 1 aliphatic carbocycles. The summed E-state index contributed by atoms with van der Waals surface area (Å²) < 4.78 is 0.856. The van der Waals surface area contributed by atoms with Gasteiger partial charge >= 0.3 is 0 Å². The Hall–Kier alpha value is -0.350. The summed E-state index contributed by atoms with van der Waals surface area (Å²) in [7, 11) is 0. The highest BCUT2D eigenvalue weighted by Gasteiger charge is 2.33. The van der Waals surface area contributed by atoms with Gasteiger partial charge in [0.25, 0.3) is 5.91 Å². The number of rotatable bonds is 4. The average molecular weight is 389 g/mol. The quantitative estimate of drug-likeness (QED) is 0.758. The maximum atomic E-state index is 12.3. The highest BCUT2D eigenvalue weighted by atomic mass is 79.9. The normalized spacial score (nSPS) is 17.4. The van der Waals surface area contributed by atoms with Gasteiger partial charge in [-0.3, -0.25) is 4.79 Å². The van der Waals surface area contributed by atoms with Gasteiger partial charge in [-0.2, -0.15) is 0 Å². The number of nitrogens with one attached hydrogen (secondary N) is 1. The SMILES string of the molecule is Cc1ccc(Br)c(C(=O)NCC2(CBr)CCCC2)c1. The molecule has 0 saturated heterocycles. The van der Waals surface area contributed by atoms with Gasteiger partial charge in [-0.1, -0.05) is 40.4 Å². The van der Waals surface area contributed by atoms with Gasteiger partial charge in [0.05, 0.1) is 5.56 Å². The zero-order chi connectivity index (χ0) is 13.9. The molecule has 0 aliphatic heterocycles. The fourth-order valence-corrected chi connectivity index (χ4v) is 3.84. The van der Waals surface area contributed by atoms with Crippen molar-refractivity contribution < 1.29 is 4.79 Å². The van der Waals surface area contributed by atoms with Gasteiger partial charge in [-0.05, 0) is 53.2 Å². The van der Waals surface area contributed by atoms with Crippen LogP contribution in [-0.4, -0.2) is 17.8 Å². The third-order valence-corrected chi connectivity index (χ3v) is 5.82. The van der Waals surface area contributed by atoms with Crippen molar-refractivity contribution >= 4 is 37.8 Å². The molecule has 1 N–H and O–H groups in total. The molecule has 0 unspecified atom stereocenters. The van der Waals surface area contributed by atoms with E-state index in [9.17, 15) is 4.79 Å². The van der Waals surface area contributed by atoms with Crippen LogP contribution in [0.15, 0.2) is 22.7 Å². The van der Waals surface area contributed by atoms with Crippen molar-refractivity contribution in [2.24, 2.45) is 5.41 Å². The van der Waals surface area contributed by atoms with Crippen molar-refractivity contribution in [3.05, 3.63) is 33.8 Å². The molecule has 104 valence electrons. The Morgan fingerprint density at radius 2 is 2.05 bits per heavy atom. The molecule has 2 nitrogen and oxygen atoms in total. The van der Waals surface area contributed by atoms with Crippen LogP contribution in [0.5, 0.6) is 0 Å². The Bertz CT molecular complexity index is 467. The molecule has 0 radical (unpaired) electrons. The molecule has 4 heteroatoms. The van der Waals surface area contributed by atoms with E-state index in [-0.39, 0.29) is 11.3 Å². The summed E-state index contributed by atoms with van der Waals surface area (Å²) in [6.07, 6.45) is 4.95. The Morgan fingerprint density at radius 3 is 2.68 bits per heavy atom. The molecule has 1 amide bonds. The minimum atomic E-state index is 0.0165. The number of halogens is 2. The Labute approximate surface area is 131 Å². The largest absolute Gasteiger partial charge is 0.351 e. The lowest BCUT2D eigenvalue weighted by Crippen LogP contribution is -2.37. The molecular weight excluding hydrogens is 370 g/mol. The molecule has 2 rings (SSSR count). The molecule has 1 aliphatic rings. The summed E-state index contributed by atoms with van der Waals surface area (Å²) in [6.45, 7) is 2.76. The smallest absolute Gasteiger partial charge is 0.252 e. The van der Waals surface area contributed by atoms with Crippen LogP contribution in [-0.2, 0) is 0 Å². The standard InChI is InChI=1S/C15H19Br2NO/c1-11-4-5-13(17)12(8-11)14(19)18-10-15(9-16)6-2-3-7-15/h4-5,8H,2-3,6-7,9-10H2,1H3,(H,18,19). The van der Waals surface area contributed by atoms with E-state index < -0.39 is 0 Å². The second-order valence-corrected chi connectivity index (χ2v) is 6.92. The number of carbonyl (C=O) groups is 1. The van der Waals surface area contributed by atoms with E-state index in [0.717, 1.165) is 27.5 Å². The van der Waals surface area contributed by atoms with Gasteiger partial charge in [0.2, 0.25) is 0 Å². The summed E-state index contributed by atoms with van der Waals surface area (Å²) in [5, 5.41) is 4.07. The second-order valence-electron chi connectivity index (χ2n) is 5.51. The average Bonchev–Trinajstić information content (AvgIpc) is 2.88. The number of benzene rings is 1. The lowest BCUT2D eigenvalue weighted by molar-refractivity contribution is 0.0934. The summed E-state index contributed by atoms with van der Waals surface area (Å²) in [5.41, 5.74) is 2.08. The van der Waals surface area contributed by atoms with Crippen LogP contribution in [0, 0.1) is 12.3 Å². The van der Waals surface area contributed by atoms with E-state index in [1.807, 2.05) is 25.1 Å². The number of amides is 1. The minimum absolute atomic E-state index is 0.0165. The topological polar surface area (TPSA) is 29.1 Å². The lowest BCUT2D eigenvalue weighted by Gasteiger charge is -2.26.